The molecular weight excluding hydrogens is 304 g/mol. The smallest absolute Gasteiger partial charge is 0.0919 e. The fourth-order valence-corrected chi connectivity index (χ4v) is 3.92. The lowest BCUT2D eigenvalue weighted by molar-refractivity contribution is 0.260. The van der Waals surface area contributed by atoms with E-state index in [4.69, 9.17) is 0 Å². The Morgan fingerprint density at radius 1 is 1.12 bits per heavy atom. The van der Waals surface area contributed by atoms with E-state index < -0.39 is 0 Å². The van der Waals surface area contributed by atoms with Crippen LogP contribution < -0.4 is 10.6 Å². The van der Waals surface area contributed by atoms with Crippen LogP contribution in [0.3, 0.4) is 0 Å². The van der Waals surface area contributed by atoms with Crippen molar-refractivity contribution in [3.63, 3.8) is 0 Å². The number of fused-ring (bicyclic) bond motifs is 1. The molecule has 2 N–H and O–H groups in total. The van der Waals surface area contributed by atoms with Crippen LogP contribution in [-0.4, -0.2) is 12.1 Å². The molecule has 0 saturated heterocycles. The number of nitrogens with one attached hydrogen (secondary N) is 2. The maximum atomic E-state index is 4.27. The van der Waals surface area contributed by atoms with Gasteiger partial charge in [-0.3, -0.25) is 0 Å². The fraction of sp³-hybridized carbons (Fsp3) is 0.565. The van der Waals surface area contributed by atoms with E-state index in [1.165, 1.54) is 23.1 Å². The van der Waals surface area contributed by atoms with Crippen molar-refractivity contribution in [3.8, 4) is 0 Å². The molecule has 2 unspecified atom stereocenters. The van der Waals surface area contributed by atoms with E-state index in [1.807, 2.05) is 0 Å². The second-order valence-corrected chi connectivity index (χ2v) is 8.74. The zero-order valence-electron chi connectivity index (χ0n) is 16.8. The summed E-state index contributed by atoms with van der Waals surface area (Å²) in [5.74, 6) is 1.48. The summed E-state index contributed by atoms with van der Waals surface area (Å²) in [6.45, 7) is 19.8. The van der Waals surface area contributed by atoms with Gasteiger partial charge in [0.05, 0.1) is 11.9 Å². The molecule has 0 aliphatic heterocycles. The number of hydrogen-bond donors (Lipinski definition) is 2. The maximum Gasteiger partial charge on any atom is 0.0919 e. The number of hydrogen-bond acceptors (Lipinski definition) is 2. The minimum absolute atomic E-state index is 0.211. The highest BCUT2D eigenvalue weighted by Gasteiger charge is 2.30. The Hall–Kier alpha value is -1.70. The SMILES string of the molecule is C=C(NC(C(=C)C)C1Cc2ccccc2C1)NC(CCC)C(C)(C)C. The number of benzene rings is 1. The third kappa shape index (κ3) is 5.14. The Labute approximate surface area is 154 Å². The zero-order chi connectivity index (χ0) is 18.6. The van der Waals surface area contributed by atoms with Gasteiger partial charge in [-0.15, -0.1) is 0 Å². The monoisotopic (exact) mass is 340 g/mol. The van der Waals surface area contributed by atoms with Gasteiger partial charge in [-0.1, -0.05) is 77.1 Å². The van der Waals surface area contributed by atoms with Gasteiger partial charge in [0, 0.05) is 6.04 Å². The van der Waals surface area contributed by atoms with E-state index in [2.05, 4.69) is 82.7 Å². The van der Waals surface area contributed by atoms with E-state index in [9.17, 15) is 0 Å². The van der Waals surface area contributed by atoms with E-state index in [-0.39, 0.29) is 11.5 Å². The van der Waals surface area contributed by atoms with E-state index in [1.54, 1.807) is 0 Å². The van der Waals surface area contributed by atoms with Crippen LogP contribution in [0.15, 0.2) is 48.8 Å². The standard InChI is InChI=1S/C23H36N2/c1-8-11-21(23(5,6)7)24-17(4)25-22(16(2)3)20-14-18-12-9-10-13-19(18)15-20/h9-10,12-13,20-22,24-25H,2,4,8,11,14-15H2,1,3,5-7H3. The molecule has 25 heavy (non-hydrogen) atoms. The van der Waals surface area contributed by atoms with Crippen LogP contribution in [0.2, 0.25) is 0 Å². The van der Waals surface area contributed by atoms with Gasteiger partial charge in [0.1, 0.15) is 0 Å². The van der Waals surface area contributed by atoms with Gasteiger partial charge in [0.25, 0.3) is 0 Å². The highest BCUT2D eigenvalue weighted by molar-refractivity contribution is 5.34. The topological polar surface area (TPSA) is 24.1 Å². The van der Waals surface area contributed by atoms with Crippen molar-refractivity contribution in [1.82, 2.24) is 10.6 Å². The fourth-order valence-electron chi connectivity index (χ4n) is 3.92. The molecule has 0 saturated carbocycles. The average Bonchev–Trinajstić information content (AvgIpc) is 2.94. The molecule has 0 heterocycles. The van der Waals surface area contributed by atoms with Gasteiger partial charge >= 0.3 is 0 Å². The summed E-state index contributed by atoms with van der Waals surface area (Å²) in [7, 11) is 0. The number of rotatable bonds is 8. The van der Waals surface area contributed by atoms with Crippen molar-refractivity contribution in [2.24, 2.45) is 11.3 Å². The van der Waals surface area contributed by atoms with Crippen LogP contribution >= 0.6 is 0 Å². The van der Waals surface area contributed by atoms with Gasteiger partial charge in [0.15, 0.2) is 0 Å². The lowest BCUT2D eigenvalue weighted by Crippen LogP contribution is -2.46. The molecule has 2 heteroatoms. The summed E-state index contributed by atoms with van der Waals surface area (Å²) in [6, 6.07) is 9.48. The lowest BCUT2D eigenvalue weighted by Gasteiger charge is -2.35. The third-order valence-corrected chi connectivity index (χ3v) is 5.39. The molecule has 2 atom stereocenters. The molecule has 0 amide bonds. The van der Waals surface area contributed by atoms with Crippen molar-refractivity contribution in [3.05, 3.63) is 59.9 Å². The first-order valence-electron chi connectivity index (χ1n) is 9.66. The molecule has 1 aliphatic carbocycles. The van der Waals surface area contributed by atoms with Crippen molar-refractivity contribution in [1.29, 1.82) is 0 Å². The second-order valence-electron chi connectivity index (χ2n) is 8.74. The maximum absolute atomic E-state index is 4.27. The first-order chi connectivity index (χ1) is 11.7. The molecule has 2 nitrogen and oxygen atoms in total. The summed E-state index contributed by atoms with van der Waals surface area (Å²) in [5, 5.41) is 7.29. The summed E-state index contributed by atoms with van der Waals surface area (Å²) >= 11 is 0. The second kappa shape index (κ2) is 8.12. The molecule has 1 aromatic rings. The average molecular weight is 341 g/mol. The Morgan fingerprint density at radius 3 is 2.12 bits per heavy atom. The summed E-state index contributed by atoms with van der Waals surface area (Å²) in [4.78, 5) is 0. The molecule has 0 bridgehead atoms. The van der Waals surface area contributed by atoms with E-state index in [0.717, 1.165) is 25.1 Å². The van der Waals surface area contributed by atoms with Crippen molar-refractivity contribution in [2.75, 3.05) is 0 Å². The molecule has 1 aliphatic rings. The highest BCUT2D eigenvalue weighted by atomic mass is 15.1. The normalized spacial score (nSPS) is 16.8. The van der Waals surface area contributed by atoms with Gasteiger partial charge in [-0.25, -0.2) is 0 Å². The predicted octanol–water partition coefficient (Wildman–Crippen LogP) is 5.21. The molecule has 0 spiro atoms. The van der Waals surface area contributed by atoms with Crippen molar-refractivity contribution in [2.45, 2.75) is 72.4 Å². The Kier molecular flexibility index (Phi) is 6.37. The predicted molar refractivity (Wildman–Crippen MR) is 110 cm³/mol. The highest BCUT2D eigenvalue weighted by Crippen LogP contribution is 2.31. The van der Waals surface area contributed by atoms with Crippen LogP contribution in [-0.2, 0) is 12.8 Å². The third-order valence-electron chi connectivity index (χ3n) is 5.39. The summed E-state index contributed by atoms with van der Waals surface area (Å²) in [6.07, 6.45) is 4.55. The zero-order valence-corrected chi connectivity index (χ0v) is 16.8. The Balaban J connectivity index is 2.02. The van der Waals surface area contributed by atoms with Crippen LogP contribution in [0.1, 0.15) is 58.6 Å². The molecule has 2 rings (SSSR count). The minimum Gasteiger partial charge on any atom is -0.369 e. The summed E-state index contributed by atoms with van der Waals surface area (Å²) in [5.41, 5.74) is 4.36. The Morgan fingerprint density at radius 2 is 1.68 bits per heavy atom. The van der Waals surface area contributed by atoms with Crippen LogP contribution in [0.25, 0.3) is 0 Å². The molecular formula is C23H36N2. The van der Waals surface area contributed by atoms with Crippen molar-refractivity contribution < 1.29 is 0 Å². The van der Waals surface area contributed by atoms with E-state index in [0.29, 0.717) is 12.0 Å². The van der Waals surface area contributed by atoms with Gasteiger partial charge in [0.2, 0.25) is 0 Å². The van der Waals surface area contributed by atoms with Gasteiger partial charge < -0.3 is 10.6 Å². The largest absolute Gasteiger partial charge is 0.369 e. The molecule has 1 aromatic carbocycles. The molecule has 138 valence electrons. The van der Waals surface area contributed by atoms with Crippen LogP contribution in [0.5, 0.6) is 0 Å². The molecule has 0 aromatic heterocycles. The first kappa shape index (κ1) is 19.6. The van der Waals surface area contributed by atoms with Gasteiger partial charge in [-0.2, -0.15) is 0 Å². The van der Waals surface area contributed by atoms with Gasteiger partial charge in [-0.05, 0) is 48.6 Å². The molecule has 0 fully saturated rings. The first-order valence-corrected chi connectivity index (χ1v) is 9.66. The minimum atomic E-state index is 0.211. The van der Waals surface area contributed by atoms with Crippen LogP contribution in [0.4, 0.5) is 0 Å². The van der Waals surface area contributed by atoms with Crippen molar-refractivity contribution >= 4 is 0 Å². The molecule has 0 radical (unpaired) electrons. The Bertz CT molecular complexity index is 584. The quantitative estimate of drug-likeness (QED) is 0.635. The van der Waals surface area contributed by atoms with E-state index >= 15 is 0 Å². The lowest BCUT2D eigenvalue weighted by atomic mass is 9.84. The van der Waals surface area contributed by atoms with Crippen LogP contribution in [0, 0.1) is 11.3 Å². The summed E-state index contributed by atoms with van der Waals surface area (Å²) < 4.78 is 0.